The van der Waals surface area contributed by atoms with Crippen molar-refractivity contribution >= 4 is 17.6 Å². The van der Waals surface area contributed by atoms with Gasteiger partial charge in [0.25, 0.3) is 0 Å². The summed E-state index contributed by atoms with van der Waals surface area (Å²) >= 11 is 5.62. The Bertz CT molecular complexity index is 347. The van der Waals surface area contributed by atoms with Gasteiger partial charge < -0.3 is 5.11 Å². The zero-order valence-corrected chi connectivity index (χ0v) is 9.55. The molecule has 0 heterocycles. The quantitative estimate of drug-likeness (QED) is 0.784. The molecule has 1 rings (SSSR count). The lowest BCUT2D eigenvalue weighted by Gasteiger charge is -2.08. The molecule has 0 aliphatic rings. The Morgan fingerprint density at radius 1 is 1.40 bits per heavy atom. The minimum atomic E-state index is -0.785. The van der Waals surface area contributed by atoms with Crippen LogP contribution in [0.25, 0.3) is 0 Å². The second-order valence-electron chi connectivity index (χ2n) is 3.64. The van der Waals surface area contributed by atoms with Crippen LogP contribution in [0.15, 0.2) is 18.2 Å². The minimum Gasteiger partial charge on any atom is -0.481 e. The zero-order valence-electron chi connectivity index (χ0n) is 8.79. The third-order valence-corrected chi connectivity index (χ3v) is 2.55. The predicted molar refractivity (Wildman–Crippen MR) is 61.6 cm³/mol. The van der Waals surface area contributed by atoms with Crippen molar-refractivity contribution in [2.24, 2.45) is 0 Å². The number of aryl methyl sites for hydroxylation is 2. The predicted octanol–water partition coefficient (Wildman–Crippen LogP) is 2.79. The molecule has 0 fully saturated rings. The highest BCUT2D eigenvalue weighted by Crippen LogP contribution is 2.15. The first-order valence-corrected chi connectivity index (χ1v) is 5.53. The van der Waals surface area contributed by atoms with E-state index in [1.165, 1.54) is 0 Å². The number of halogens is 1. The summed E-state index contributed by atoms with van der Waals surface area (Å²) in [6.07, 6.45) is 1.84. The summed E-state index contributed by atoms with van der Waals surface area (Å²) in [5.41, 5.74) is 3.11. The second kappa shape index (κ2) is 5.76. The fraction of sp³-hybridized carbons (Fsp3) is 0.417. The van der Waals surface area contributed by atoms with Gasteiger partial charge >= 0.3 is 5.97 Å². The first-order chi connectivity index (χ1) is 7.13. The van der Waals surface area contributed by atoms with E-state index in [4.69, 9.17) is 16.7 Å². The highest BCUT2D eigenvalue weighted by atomic mass is 35.5. The van der Waals surface area contributed by atoms with Gasteiger partial charge in [0.05, 0.1) is 6.42 Å². The molecular weight excluding hydrogens is 212 g/mol. The minimum absolute atomic E-state index is 0.0965. The van der Waals surface area contributed by atoms with Crippen LogP contribution in [0.3, 0.4) is 0 Å². The molecule has 1 N–H and O–H groups in total. The molecule has 0 bridgehead atoms. The maximum Gasteiger partial charge on any atom is 0.307 e. The number of hydrogen-bond donors (Lipinski definition) is 1. The van der Waals surface area contributed by atoms with Crippen LogP contribution in [0.1, 0.15) is 23.1 Å². The standard InChI is InChI=1S/C12H15ClO2/c1-9-4-5-10(3-2-6-13)11(7-9)8-12(14)15/h4-5,7H,2-3,6,8H2,1H3,(H,14,15). The summed E-state index contributed by atoms with van der Waals surface area (Å²) in [7, 11) is 0. The van der Waals surface area contributed by atoms with Gasteiger partial charge in [-0.1, -0.05) is 23.8 Å². The number of hydrogen-bond acceptors (Lipinski definition) is 1. The molecule has 1 aromatic carbocycles. The molecular formula is C12H15ClO2. The molecule has 1 aromatic rings. The van der Waals surface area contributed by atoms with Gasteiger partial charge in [0.2, 0.25) is 0 Å². The maximum atomic E-state index is 10.7. The number of rotatable bonds is 5. The molecule has 0 spiro atoms. The highest BCUT2D eigenvalue weighted by molar-refractivity contribution is 6.17. The molecule has 0 aliphatic heterocycles. The molecule has 3 heteroatoms. The molecule has 0 radical (unpaired) electrons. The van der Waals surface area contributed by atoms with Crippen molar-refractivity contribution in [3.8, 4) is 0 Å². The van der Waals surface area contributed by atoms with E-state index in [0.717, 1.165) is 29.5 Å². The van der Waals surface area contributed by atoms with E-state index < -0.39 is 5.97 Å². The van der Waals surface area contributed by atoms with E-state index in [1.54, 1.807) is 0 Å². The first kappa shape index (κ1) is 12.1. The molecule has 0 saturated heterocycles. The number of carbonyl (C=O) groups is 1. The Hall–Kier alpha value is -1.02. The lowest BCUT2D eigenvalue weighted by atomic mass is 9.98. The van der Waals surface area contributed by atoms with Crippen LogP contribution in [-0.4, -0.2) is 17.0 Å². The third-order valence-electron chi connectivity index (χ3n) is 2.28. The van der Waals surface area contributed by atoms with Gasteiger partial charge in [-0.3, -0.25) is 4.79 Å². The van der Waals surface area contributed by atoms with Crippen LogP contribution in [0.4, 0.5) is 0 Å². The average Bonchev–Trinajstić information content (AvgIpc) is 2.16. The van der Waals surface area contributed by atoms with E-state index in [-0.39, 0.29) is 6.42 Å². The maximum absolute atomic E-state index is 10.7. The van der Waals surface area contributed by atoms with Gasteiger partial charge in [-0.05, 0) is 30.9 Å². The van der Waals surface area contributed by atoms with Gasteiger partial charge in [-0.25, -0.2) is 0 Å². The summed E-state index contributed by atoms with van der Waals surface area (Å²) in [6.45, 7) is 1.97. The zero-order chi connectivity index (χ0) is 11.3. The van der Waals surface area contributed by atoms with Crippen molar-refractivity contribution in [3.05, 3.63) is 34.9 Å². The Balaban J connectivity index is 2.87. The van der Waals surface area contributed by atoms with E-state index >= 15 is 0 Å². The average molecular weight is 227 g/mol. The molecule has 0 aliphatic carbocycles. The molecule has 0 unspecified atom stereocenters. The van der Waals surface area contributed by atoms with E-state index in [1.807, 2.05) is 25.1 Å². The van der Waals surface area contributed by atoms with Crippen LogP contribution in [-0.2, 0) is 17.6 Å². The Morgan fingerprint density at radius 2 is 2.13 bits per heavy atom. The molecule has 0 aromatic heterocycles. The van der Waals surface area contributed by atoms with Crippen molar-refractivity contribution in [2.45, 2.75) is 26.2 Å². The van der Waals surface area contributed by atoms with Gasteiger partial charge in [-0.2, -0.15) is 0 Å². The number of alkyl halides is 1. The van der Waals surface area contributed by atoms with Crippen molar-refractivity contribution in [1.29, 1.82) is 0 Å². The van der Waals surface area contributed by atoms with Crippen molar-refractivity contribution in [2.75, 3.05) is 5.88 Å². The van der Waals surface area contributed by atoms with E-state index in [2.05, 4.69) is 0 Å². The highest BCUT2D eigenvalue weighted by Gasteiger charge is 2.06. The molecule has 82 valence electrons. The van der Waals surface area contributed by atoms with Gasteiger partial charge in [-0.15, -0.1) is 11.6 Å². The molecule has 0 saturated carbocycles. The number of carboxylic acid groups (broad SMARTS) is 1. The lowest BCUT2D eigenvalue weighted by molar-refractivity contribution is -0.136. The van der Waals surface area contributed by atoms with E-state index in [9.17, 15) is 4.79 Å². The van der Waals surface area contributed by atoms with Crippen LogP contribution in [0.5, 0.6) is 0 Å². The van der Waals surface area contributed by atoms with Gasteiger partial charge in [0.1, 0.15) is 0 Å². The SMILES string of the molecule is Cc1ccc(CCCCl)c(CC(=O)O)c1. The fourth-order valence-electron chi connectivity index (χ4n) is 1.58. The second-order valence-corrected chi connectivity index (χ2v) is 4.01. The Morgan fingerprint density at radius 3 is 2.73 bits per heavy atom. The number of benzene rings is 1. The fourth-order valence-corrected chi connectivity index (χ4v) is 1.72. The summed E-state index contributed by atoms with van der Waals surface area (Å²) in [6, 6.07) is 5.95. The molecule has 15 heavy (non-hydrogen) atoms. The van der Waals surface area contributed by atoms with Gasteiger partial charge in [0, 0.05) is 5.88 Å². The van der Waals surface area contributed by atoms with Crippen LogP contribution >= 0.6 is 11.6 Å². The molecule has 0 amide bonds. The monoisotopic (exact) mass is 226 g/mol. The summed E-state index contributed by atoms with van der Waals surface area (Å²) < 4.78 is 0. The van der Waals surface area contributed by atoms with Crippen molar-refractivity contribution in [3.63, 3.8) is 0 Å². The van der Waals surface area contributed by atoms with Crippen LogP contribution < -0.4 is 0 Å². The molecule has 2 nitrogen and oxygen atoms in total. The van der Waals surface area contributed by atoms with E-state index in [0.29, 0.717) is 5.88 Å². The third kappa shape index (κ3) is 3.92. The topological polar surface area (TPSA) is 37.3 Å². The van der Waals surface area contributed by atoms with Crippen LogP contribution in [0.2, 0.25) is 0 Å². The molecule has 0 atom stereocenters. The van der Waals surface area contributed by atoms with Crippen LogP contribution in [0, 0.1) is 6.92 Å². The van der Waals surface area contributed by atoms with Gasteiger partial charge in [0.15, 0.2) is 0 Å². The smallest absolute Gasteiger partial charge is 0.307 e. The van der Waals surface area contributed by atoms with Crippen molar-refractivity contribution < 1.29 is 9.90 Å². The number of aliphatic carboxylic acids is 1. The largest absolute Gasteiger partial charge is 0.481 e. The Kier molecular flexibility index (Phi) is 4.63. The summed E-state index contributed by atoms with van der Waals surface area (Å²) in [5, 5.41) is 8.78. The Labute approximate surface area is 94.9 Å². The lowest BCUT2D eigenvalue weighted by Crippen LogP contribution is -2.04. The normalized spacial score (nSPS) is 10.3. The summed E-state index contributed by atoms with van der Waals surface area (Å²) in [5.74, 6) is -0.173. The summed E-state index contributed by atoms with van der Waals surface area (Å²) in [4.78, 5) is 10.7. The van der Waals surface area contributed by atoms with Crippen molar-refractivity contribution in [1.82, 2.24) is 0 Å². The first-order valence-electron chi connectivity index (χ1n) is 4.99. The number of carboxylic acids is 1.